The molecule has 2 aromatic rings. The van der Waals surface area contributed by atoms with Gasteiger partial charge in [-0.1, -0.05) is 21.1 Å². The van der Waals surface area contributed by atoms with Crippen LogP contribution in [0.2, 0.25) is 0 Å². The van der Waals surface area contributed by atoms with Crippen LogP contribution in [-0.4, -0.2) is 28.2 Å². The Kier molecular flexibility index (Phi) is 2.44. The van der Waals surface area contributed by atoms with Crippen molar-refractivity contribution in [1.29, 1.82) is 0 Å². The Labute approximate surface area is 102 Å². The van der Waals surface area contributed by atoms with Gasteiger partial charge in [-0.3, -0.25) is 0 Å². The van der Waals surface area contributed by atoms with Crippen molar-refractivity contribution in [3.63, 3.8) is 0 Å². The van der Waals surface area contributed by atoms with Crippen LogP contribution < -0.4 is 0 Å². The van der Waals surface area contributed by atoms with Gasteiger partial charge in [-0.25, -0.2) is 4.68 Å². The molecular formula is C11H12BrN3O. The zero-order valence-corrected chi connectivity index (χ0v) is 10.5. The number of ether oxygens (including phenoxy) is 1. The number of halogens is 1. The molecule has 1 saturated carbocycles. The molecule has 1 aromatic carbocycles. The van der Waals surface area contributed by atoms with Gasteiger partial charge in [0.15, 0.2) is 0 Å². The quantitative estimate of drug-likeness (QED) is 0.849. The molecule has 1 aromatic heterocycles. The van der Waals surface area contributed by atoms with E-state index in [0.717, 1.165) is 28.3 Å². The van der Waals surface area contributed by atoms with Crippen molar-refractivity contribution in [1.82, 2.24) is 15.0 Å². The van der Waals surface area contributed by atoms with Gasteiger partial charge < -0.3 is 4.74 Å². The topological polar surface area (TPSA) is 39.9 Å². The molecule has 0 atom stereocenters. The third-order valence-corrected chi connectivity index (χ3v) is 3.68. The fourth-order valence-electron chi connectivity index (χ4n) is 2.11. The highest BCUT2D eigenvalue weighted by molar-refractivity contribution is 9.10. The minimum Gasteiger partial charge on any atom is -0.381 e. The predicted octanol–water partition coefficient (Wildman–Crippen LogP) is 2.54. The van der Waals surface area contributed by atoms with E-state index >= 15 is 0 Å². The third kappa shape index (κ3) is 1.55. The minimum absolute atomic E-state index is 0.389. The van der Waals surface area contributed by atoms with Crippen LogP contribution in [0.4, 0.5) is 0 Å². The summed E-state index contributed by atoms with van der Waals surface area (Å²) in [6.45, 7) is 0. The molecular weight excluding hydrogens is 270 g/mol. The maximum Gasteiger partial charge on any atom is 0.114 e. The highest BCUT2D eigenvalue weighted by Crippen LogP contribution is 2.35. The van der Waals surface area contributed by atoms with Crippen LogP contribution in [0.5, 0.6) is 0 Å². The lowest BCUT2D eigenvalue weighted by atomic mass is 9.89. The molecule has 0 unspecified atom stereocenters. The Balaban J connectivity index is 1.94. The van der Waals surface area contributed by atoms with E-state index in [0.29, 0.717) is 12.1 Å². The molecule has 0 amide bonds. The van der Waals surface area contributed by atoms with E-state index in [1.807, 2.05) is 16.8 Å². The first-order valence-corrected chi connectivity index (χ1v) is 6.10. The van der Waals surface area contributed by atoms with Crippen LogP contribution in [0, 0.1) is 0 Å². The van der Waals surface area contributed by atoms with Gasteiger partial charge in [0.2, 0.25) is 0 Å². The van der Waals surface area contributed by atoms with Gasteiger partial charge in [0.1, 0.15) is 5.52 Å². The summed E-state index contributed by atoms with van der Waals surface area (Å²) in [5, 5.41) is 8.39. The van der Waals surface area contributed by atoms with Crippen molar-refractivity contribution in [3.8, 4) is 0 Å². The van der Waals surface area contributed by atoms with Gasteiger partial charge in [0, 0.05) is 11.6 Å². The number of benzene rings is 1. The van der Waals surface area contributed by atoms with Crippen molar-refractivity contribution in [2.75, 3.05) is 7.11 Å². The Bertz CT molecular complexity index is 519. The van der Waals surface area contributed by atoms with Gasteiger partial charge in [0.05, 0.1) is 17.7 Å². The second-order valence-corrected chi connectivity index (χ2v) is 5.07. The number of rotatable bonds is 2. The number of fused-ring (bicyclic) bond motifs is 1. The van der Waals surface area contributed by atoms with E-state index in [9.17, 15) is 0 Å². The highest BCUT2D eigenvalue weighted by atomic mass is 79.9. The average molecular weight is 282 g/mol. The minimum atomic E-state index is 0.389. The number of methoxy groups -OCH3 is 1. The summed E-state index contributed by atoms with van der Waals surface area (Å²) in [7, 11) is 1.76. The second kappa shape index (κ2) is 3.82. The van der Waals surface area contributed by atoms with E-state index in [4.69, 9.17) is 4.74 Å². The summed E-state index contributed by atoms with van der Waals surface area (Å²) >= 11 is 3.43. The van der Waals surface area contributed by atoms with Crippen LogP contribution in [0.25, 0.3) is 11.0 Å². The van der Waals surface area contributed by atoms with Crippen molar-refractivity contribution in [3.05, 3.63) is 22.7 Å². The van der Waals surface area contributed by atoms with E-state index < -0.39 is 0 Å². The van der Waals surface area contributed by atoms with Crippen LogP contribution in [0.3, 0.4) is 0 Å². The molecule has 0 radical (unpaired) electrons. The lowest BCUT2D eigenvalue weighted by Gasteiger charge is -2.34. The monoisotopic (exact) mass is 281 g/mol. The Hall–Kier alpha value is -0.940. The van der Waals surface area contributed by atoms with E-state index in [-0.39, 0.29) is 0 Å². The molecule has 0 aliphatic heterocycles. The van der Waals surface area contributed by atoms with E-state index in [1.165, 1.54) is 0 Å². The van der Waals surface area contributed by atoms with Crippen molar-refractivity contribution in [2.24, 2.45) is 0 Å². The Morgan fingerprint density at radius 2 is 2.25 bits per heavy atom. The molecule has 0 spiro atoms. The second-order valence-electron chi connectivity index (χ2n) is 4.15. The normalized spacial score (nSPS) is 24.6. The zero-order chi connectivity index (χ0) is 11.1. The first-order valence-electron chi connectivity index (χ1n) is 5.31. The van der Waals surface area contributed by atoms with Crippen molar-refractivity contribution < 1.29 is 4.74 Å². The number of hydrogen-bond donors (Lipinski definition) is 0. The number of nitrogens with zero attached hydrogens (tertiary/aromatic N) is 3. The molecule has 1 heterocycles. The summed E-state index contributed by atoms with van der Waals surface area (Å²) < 4.78 is 8.33. The van der Waals surface area contributed by atoms with Crippen LogP contribution in [-0.2, 0) is 4.74 Å². The molecule has 4 nitrogen and oxygen atoms in total. The van der Waals surface area contributed by atoms with Gasteiger partial charge >= 0.3 is 0 Å². The zero-order valence-electron chi connectivity index (χ0n) is 8.93. The Morgan fingerprint density at radius 3 is 3.00 bits per heavy atom. The molecule has 3 rings (SSSR count). The third-order valence-electron chi connectivity index (χ3n) is 3.18. The van der Waals surface area contributed by atoms with Gasteiger partial charge in [-0.05, 0) is 31.0 Å². The van der Waals surface area contributed by atoms with Crippen molar-refractivity contribution >= 4 is 27.0 Å². The molecule has 16 heavy (non-hydrogen) atoms. The van der Waals surface area contributed by atoms with Crippen molar-refractivity contribution in [2.45, 2.75) is 25.0 Å². The van der Waals surface area contributed by atoms with E-state index in [1.54, 1.807) is 7.11 Å². The smallest absolute Gasteiger partial charge is 0.114 e. The summed E-state index contributed by atoms with van der Waals surface area (Å²) in [5.41, 5.74) is 2.04. The molecule has 5 heteroatoms. The first-order chi connectivity index (χ1) is 7.78. The molecule has 0 saturated heterocycles. The SMILES string of the molecule is COC1CC(n2nnc3cc(Br)ccc32)C1. The van der Waals surface area contributed by atoms with Gasteiger partial charge in [-0.15, -0.1) is 5.10 Å². The van der Waals surface area contributed by atoms with Crippen LogP contribution in [0.1, 0.15) is 18.9 Å². The molecule has 0 bridgehead atoms. The number of aromatic nitrogens is 3. The largest absolute Gasteiger partial charge is 0.381 e. The maximum absolute atomic E-state index is 5.28. The standard InChI is InChI=1S/C11H12BrN3O/c1-16-9-5-8(6-9)15-11-3-2-7(12)4-10(11)13-14-15/h2-4,8-9H,5-6H2,1H3. The average Bonchev–Trinajstić information content (AvgIpc) is 2.60. The molecule has 1 aliphatic rings. The molecule has 1 aliphatic carbocycles. The van der Waals surface area contributed by atoms with E-state index in [2.05, 4.69) is 32.3 Å². The highest BCUT2D eigenvalue weighted by Gasteiger charge is 2.32. The number of hydrogen-bond acceptors (Lipinski definition) is 3. The predicted molar refractivity (Wildman–Crippen MR) is 64.3 cm³/mol. The molecule has 1 fully saturated rings. The first kappa shape index (κ1) is 10.2. The van der Waals surface area contributed by atoms with Gasteiger partial charge in [-0.2, -0.15) is 0 Å². The molecule has 0 N–H and O–H groups in total. The fourth-order valence-corrected chi connectivity index (χ4v) is 2.46. The van der Waals surface area contributed by atoms with Gasteiger partial charge in [0.25, 0.3) is 0 Å². The van der Waals surface area contributed by atoms with Crippen LogP contribution >= 0.6 is 15.9 Å². The summed E-state index contributed by atoms with van der Waals surface area (Å²) in [4.78, 5) is 0. The summed E-state index contributed by atoms with van der Waals surface area (Å²) in [5.74, 6) is 0. The summed E-state index contributed by atoms with van der Waals surface area (Å²) in [6, 6.07) is 6.51. The Morgan fingerprint density at radius 1 is 1.44 bits per heavy atom. The lowest BCUT2D eigenvalue weighted by Crippen LogP contribution is -2.33. The molecule has 84 valence electrons. The maximum atomic E-state index is 5.28. The lowest BCUT2D eigenvalue weighted by molar-refractivity contribution is 0.00332. The fraction of sp³-hybridized carbons (Fsp3) is 0.455. The van der Waals surface area contributed by atoms with Crippen LogP contribution in [0.15, 0.2) is 22.7 Å². The summed E-state index contributed by atoms with van der Waals surface area (Å²) in [6.07, 6.45) is 2.45.